The van der Waals surface area contributed by atoms with E-state index in [1.165, 1.54) is 26.3 Å². The summed E-state index contributed by atoms with van der Waals surface area (Å²) in [6.45, 7) is 29.4. The average molecular weight is 1300 g/mol. The maximum Gasteiger partial charge on any atom is 0.411 e. The SMILES string of the molecule is C=C(C)C(=O)OCCO.C=C(C)C(=O)OCCOC(=O)Cc1ccccc1C.C=C(C)C(=O)OCCOC(=O)Nc1ccccc1C.CCC(=O)OC(C)COC(=O)NC.CCC(=O)OC(C)COC(=O)NC.Cc1ccccc1N=C=O.Cc1ccccc1N=C=O. The van der Waals surface area contributed by atoms with Crippen molar-refractivity contribution < 1.29 is 100 Å². The number of hydrogen-bond donors (Lipinski definition) is 4. The van der Waals surface area contributed by atoms with Gasteiger partial charge in [-0.15, -0.1) is 0 Å². The molecule has 4 N–H and O–H groups in total. The van der Waals surface area contributed by atoms with Crippen LogP contribution < -0.4 is 16.0 Å². The van der Waals surface area contributed by atoms with Crippen LogP contribution in [0.3, 0.4) is 0 Å². The fourth-order valence-electron chi connectivity index (χ4n) is 5.63. The second-order valence-corrected chi connectivity index (χ2v) is 18.9. The van der Waals surface area contributed by atoms with E-state index in [0.717, 1.165) is 27.8 Å². The summed E-state index contributed by atoms with van der Waals surface area (Å²) in [5.74, 6) is -2.36. The monoisotopic (exact) mass is 1300 g/mol. The summed E-state index contributed by atoms with van der Waals surface area (Å²) in [6.07, 6.45) is 1.43. The third kappa shape index (κ3) is 48.0. The van der Waals surface area contributed by atoms with Gasteiger partial charge in [-0.2, -0.15) is 9.98 Å². The smallest absolute Gasteiger partial charge is 0.411 e. The third-order valence-corrected chi connectivity index (χ3v) is 10.6. The quantitative estimate of drug-likeness (QED) is 0.0126. The number of nitrogens with zero attached hydrogens (tertiary/aromatic N) is 2. The number of ether oxygens (including phenoxy) is 9. The lowest BCUT2D eigenvalue weighted by Gasteiger charge is -2.12. The van der Waals surface area contributed by atoms with Crippen molar-refractivity contribution in [2.24, 2.45) is 9.98 Å². The lowest BCUT2D eigenvalue weighted by Crippen LogP contribution is -2.26. The molecule has 0 aromatic heterocycles. The van der Waals surface area contributed by atoms with Crippen LogP contribution in [0.4, 0.5) is 31.4 Å². The molecule has 26 heteroatoms. The van der Waals surface area contributed by atoms with E-state index in [4.69, 9.17) is 33.5 Å². The number of benzene rings is 4. The number of aliphatic hydroxyl groups is 1. The zero-order valence-electron chi connectivity index (χ0n) is 55.3. The Morgan fingerprint density at radius 2 is 0.828 bits per heavy atom. The number of carbonyl (C=O) groups excluding carboxylic acids is 11. The Bertz CT molecular complexity index is 2910. The third-order valence-electron chi connectivity index (χ3n) is 10.6. The molecule has 0 radical (unpaired) electrons. The second kappa shape index (κ2) is 54.4. The van der Waals surface area contributed by atoms with Gasteiger partial charge in [-0.1, -0.05) is 112 Å². The van der Waals surface area contributed by atoms with Crippen molar-refractivity contribution in [2.75, 3.05) is 72.3 Å². The highest BCUT2D eigenvalue weighted by molar-refractivity contribution is 5.88. The van der Waals surface area contributed by atoms with E-state index in [1.54, 1.807) is 66.7 Å². The van der Waals surface area contributed by atoms with E-state index in [2.05, 4.69) is 59.9 Å². The van der Waals surface area contributed by atoms with Gasteiger partial charge in [0.05, 0.1) is 24.4 Å². The van der Waals surface area contributed by atoms with Gasteiger partial charge in [0.1, 0.15) is 58.5 Å². The molecule has 0 bridgehead atoms. The Morgan fingerprint density at radius 3 is 1.18 bits per heavy atom. The summed E-state index contributed by atoms with van der Waals surface area (Å²) in [6, 6.07) is 29.8. The van der Waals surface area contributed by atoms with Crippen LogP contribution in [-0.4, -0.2) is 151 Å². The lowest BCUT2D eigenvalue weighted by molar-refractivity contribution is -0.150. The number of para-hydroxylation sites is 3. The maximum absolute atomic E-state index is 11.6. The van der Waals surface area contributed by atoms with Crippen LogP contribution in [0.15, 0.2) is 144 Å². The number of anilines is 1. The van der Waals surface area contributed by atoms with Gasteiger partial charge in [0.25, 0.3) is 0 Å². The van der Waals surface area contributed by atoms with Gasteiger partial charge in [-0.05, 0) is 108 Å². The first-order valence-electron chi connectivity index (χ1n) is 28.7. The summed E-state index contributed by atoms with van der Waals surface area (Å²) < 4.78 is 43.0. The largest absolute Gasteiger partial charge is 0.462 e. The van der Waals surface area contributed by atoms with Crippen LogP contribution in [0.25, 0.3) is 0 Å². The summed E-state index contributed by atoms with van der Waals surface area (Å²) in [5, 5.41) is 15.4. The number of aliphatic hydroxyl groups excluding tert-OH is 1. The van der Waals surface area contributed by atoms with Crippen molar-refractivity contribution in [3.63, 3.8) is 0 Å². The van der Waals surface area contributed by atoms with Gasteiger partial charge in [-0.3, -0.25) is 19.7 Å². The molecule has 0 saturated heterocycles. The number of rotatable bonds is 24. The molecule has 0 spiro atoms. The molecule has 4 rings (SSSR count). The number of hydrogen-bond acceptors (Lipinski definition) is 23. The number of alkyl carbamates (subject to hydrolysis) is 2. The zero-order valence-corrected chi connectivity index (χ0v) is 55.3. The Balaban J connectivity index is -0.00000103. The Kier molecular flexibility index (Phi) is 50.7. The molecule has 0 aliphatic rings. The Labute approximate surface area is 543 Å². The van der Waals surface area contributed by atoms with E-state index in [0.29, 0.717) is 46.6 Å². The summed E-state index contributed by atoms with van der Waals surface area (Å²) in [4.78, 5) is 125. The Hall–Kier alpha value is -10.6. The molecule has 0 aliphatic heterocycles. The van der Waals surface area contributed by atoms with E-state index >= 15 is 0 Å². The number of esters is 6. The lowest BCUT2D eigenvalue weighted by atomic mass is 10.1. The van der Waals surface area contributed by atoms with Crippen LogP contribution >= 0.6 is 0 Å². The van der Waals surface area contributed by atoms with Gasteiger partial charge in [0.2, 0.25) is 12.2 Å². The highest BCUT2D eigenvalue weighted by atomic mass is 16.6. The molecule has 26 nitrogen and oxygen atoms in total. The molecule has 0 aliphatic carbocycles. The van der Waals surface area contributed by atoms with Crippen LogP contribution in [0.5, 0.6) is 0 Å². The van der Waals surface area contributed by atoms with Crippen LogP contribution in [0, 0.1) is 27.7 Å². The summed E-state index contributed by atoms with van der Waals surface area (Å²) >= 11 is 0. The minimum Gasteiger partial charge on any atom is -0.462 e. The minimum absolute atomic E-state index is 0.00324. The fourth-order valence-corrected chi connectivity index (χ4v) is 5.63. The van der Waals surface area contributed by atoms with Crippen molar-refractivity contribution in [3.05, 3.63) is 161 Å². The minimum atomic E-state index is -0.583. The zero-order chi connectivity index (χ0) is 71.1. The first-order chi connectivity index (χ1) is 44.1. The molecule has 2 unspecified atom stereocenters. The first-order valence-corrected chi connectivity index (χ1v) is 28.7. The second-order valence-electron chi connectivity index (χ2n) is 18.9. The van der Waals surface area contributed by atoms with Gasteiger partial charge in [-0.25, -0.2) is 38.4 Å². The first kappa shape index (κ1) is 86.7. The molecule has 0 fully saturated rings. The van der Waals surface area contributed by atoms with E-state index in [-0.39, 0.29) is 77.2 Å². The number of carbonyl (C=O) groups is 9. The van der Waals surface area contributed by atoms with Gasteiger partial charge in [0.15, 0.2) is 0 Å². The number of amides is 3. The summed E-state index contributed by atoms with van der Waals surface area (Å²) in [7, 11) is 2.93. The van der Waals surface area contributed by atoms with Gasteiger partial charge >= 0.3 is 54.1 Å². The molecule has 0 heterocycles. The number of nitrogens with one attached hydrogen (secondary N) is 3. The van der Waals surface area contributed by atoms with Crippen molar-refractivity contribution in [2.45, 2.75) is 108 Å². The van der Waals surface area contributed by atoms with Gasteiger partial charge in [0, 0.05) is 49.3 Å². The molecular weight excluding hydrogens is 1210 g/mol. The topological polar surface area (TPSA) is 352 Å². The van der Waals surface area contributed by atoms with Crippen molar-refractivity contribution >= 4 is 83.3 Å². The molecule has 2 atom stereocenters. The highest BCUT2D eigenvalue weighted by Crippen LogP contribution is 2.17. The fraction of sp³-hybridized carbons (Fsp3) is 0.388. The maximum atomic E-state index is 11.6. The highest BCUT2D eigenvalue weighted by Gasteiger charge is 2.13. The normalized spacial score (nSPS) is 9.87. The standard InChI is InChI=1S/C15H18O4.C14H17NO4.2C8H15NO4.2C8H7NO.C6H10O3/c1-11(2)15(17)19-9-8-18-14(16)10-13-7-5-4-6-12(13)3;1-10(2)13(16)18-8-9-19-14(17)15-12-7-5-4-6-11(12)3;2*1-4-7(10)13-6(2)5-12-8(11)9-3;2*1-7-4-2-3-5-8(7)9-6-10;1-5(2)6(8)9-4-3-7/h4-7H,1,8-10H2,2-3H3;4-7H,1,8-9H2,2-3H3,(H,15,17);2*6H,4-5H2,1-3H3,(H,9,11);2*2-5H,1H3;7H,1,3-4H2,2H3. The van der Waals surface area contributed by atoms with Crippen molar-refractivity contribution in [1.29, 1.82) is 0 Å². The number of aryl methyl sites for hydroxylation is 4. The van der Waals surface area contributed by atoms with E-state index < -0.39 is 48.4 Å². The number of isocyanates is 2. The molecule has 0 saturated carbocycles. The molecular formula is C67H89N5O21. The van der Waals surface area contributed by atoms with E-state index in [9.17, 15) is 52.7 Å². The van der Waals surface area contributed by atoms with Crippen LogP contribution in [0.1, 0.15) is 89.1 Å². The molecule has 4 aromatic rings. The van der Waals surface area contributed by atoms with Crippen molar-refractivity contribution in [3.8, 4) is 0 Å². The predicted octanol–water partition coefficient (Wildman–Crippen LogP) is 10.3. The summed E-state index contributed by atoms with van der Waals surface area (Å²) in [5.41, 5.74) is 7.96. The van der Waals surface area contributed by atoms with Crippen molar-refractivity contribution in [1.82, 2.24) is 10.6 Å². The number of aliphatic imine (C=N–C) groups is 2. The predicted molar refractivity (Wildman–Crippen MR) is 347 cm³/mol. The van der Waals surface area contributed by atoms with Gasteiger partial charge < -0.3 is 58.4 Å². The Morgan fingerprint density at radius 1 is 0.473 bits per heavy atom. The molecule has 93 heavy (non-hydrogen) atoms. The molecule has 3 amide bonds. The van der Waals surface area contributed by atoms with Crippen LogP contribution in [0.2, 0.25) is 0 Å². The van der Waals surface area contributed by atoms with Crippen LogP contribution in [-0.2, 0) is 87.4 Å². The molecule has 4 aromatic carbocycles. The van der Waals surface area contributed by atoms with E-state index in [1.807, 2.05) is 107 Å². The molecule has 508 valence electrons. The average Bonchev–Trinajstić information content (AvgIpc) is 2.07.